The summed E-state index contributed by atoms with van der Waals surface area (Å²) in [5, 5.41) is 11.8. The van der Waals surface area contributed by atoms with E-state index < -0.39 is 24.3 Å². The normalized spacial score (nSPS) is 13.8. The van der Waals surface area contributed by atoms with E-state index in [1.165, 1.54) is 44.9 Å². The zero-order valence-electron chi connectivity index (χ0n) is 46.7. The largest absolute Gasteiger partial charge is 0.545 e. The van der Waals surface area contributed by atoms with Crippen molar-refractivity contribution in [1.29, 1.82) is 0 Å². The standard InChI is InChI=1S/C64H103NO8/c1-6-8-10-12-14-16-18-20-22-24-26-28-29-30-31-32-33-35-36-38-40-42-44-46-48-50-52-54-61(66)71-58-60(59-72-64(63(68)69)70-57-56-65(3,4)5)73-62(67)55-53-51-49-47-45-43-41-39-37-34-27-25-23-21-19-17-15-13-11-9-7-2/h8-11,14-17,20-23,26-28,30-31,34,39,41,45,47,60,64H,6-7,12-13,18-19,24-25,29,32-33,35-38,40,42-44,46,48-59H2,1-5H3/b10-8-,11-9-,16-14-,17-15-,22-20-,23-21-,28-26-,31-30-,34-27-,41-39-,47-45-. The van der Waals surface area contributed by atoms with E-state index in [0.29, 0.717) is 17.4 Å². The zero-order chi connectivity index (χ0) is 53.4. The lowest BCUT2D eigenvalue weighted by molar-refractivity contribution is -0.870. The van der Waals surface area contributed by atoms with E-state index in [0.717, 1.165) is 116 Å². The van der Waals surface area contributed by atoms with Crippen molar-refractivity contribution in [2.75, 3.05) is 47.5 Å². The van der Waals surface area contributed by atoms with Crippen molar-refractivity contribution < 1.29 is 42.9 Å². The van der Waals surface area contributed by atoms with Gasteiger partial charge in [0.15, 0.2) is 12.4 Å². The molecule has 0 aromatic heterocycles. The van der Waals surface area contributed by atoms with Crippen LogP contribution in [-0.2, 0) is 33.3 Å². The maximum atomic E-state index is 12.8. The molecule has 0 aliphatic heterocycles. The lowest BCUT2D eigenvalue weighted by Crippen LogP contribution is -2.44. The van der Waals surface area contributed by atoms with Crippen molar-refractivity contribution in [2.45, 2.75) is 206 Å². The van der Waals surface area contributed by atoms with Crippen LogP contribution in [0.1, 0.15) is 194 Å². The summed E-state index contributed by atoms with van der Waals surface area (Å²) in [6.07, 6.45) is 73.5. The first-order valence-corrected chi connectivity index (χ1v) is 28.3. The van der Waals surface area contributed by atoms with E-state index in [1.807, 2.05) is 21.1 Å². The molecule has 0 spiro atoms. The number of nitrogens with zero attached hydrogens (tertiary/aromatic N) is 1. The van der Waals surface area contributed by atoms with Crippen LogP contribution in [0, 0.1) is 0 Å². The van der Waals surface area contributed by atoms with Crippen LogP contribution in [0.3, 0.4) is 0 Å². The molecule has 412 valence electrons. The number of aliphatic carboxylic acids is 1. The molecule has 0 rings (SSSR count). The van der Waals surface area contributed by atoms with E-state index >= 15 is 0 Å². The van der Waals surface area contributed by atoms with Crippen LogP contribution in [0.25, 0.3) is 0 Å². The van der Waals surface area contributed by atoms with Gasteiger partial charge >= 0.3 is 11.9 Å². The lowest BCUT2D eigenvalue weighted by Gasteiger charge is -2.26. The van der Waals surface area contributed by atoms with Crippen LogP contribution in [0.4, 0.5) is 0 Å². The number of hydrogen-bond acceptors (Lipinski definition) is 8. The molecule has 0 amide bonds. The van der Waals surface area contributed by atoms with Crippen LogP contribution in [-0.4, -0.2) is 82.3 Å². The molecule has 0 heterocycles. The Kier molecular flexibility index (Phi) is 50.4. The topological polar surface area (TPSA) is 111 Å². The third-order valence-electron chi connectivity index (χ3n) is 11.4. The van der Waals surface area contributed by atoms with Crippen LogP contribution < -0.4 is 5.11 Å². The molecule has 0 aromatic carbocycles. The summed E-state index contributed by atoms with van der Waals surface area (Å²) in [4.78, 5) is 37.3. The molecule has 73 heavy (non-hydrogen) atoms. The third-order valence-corrected chi connectivity index (χ3v) is 11.4. The Balaban J connectivity index is 4.35. The monoisotopic (exact) mass is 1010 g/mol. The second kappa shape index (κ2) is 53.7. The molecule has 2 unspecified atom stereocenters. The molecule has 0 saturated heterocycles. The van der Waals surface area contributed by atoms with E-state index in [1.54, 1.807) is 0 Å². The zero-order valence-corrected chi connectivity index (χ0v) is 46.7. The molecule has 0 radical (unpaired) electrons. The van der Waals surface area contributed by atoms with Crippen LogP contribution in [0.2, 0.25) is 0 Å². The number of allylic oxidation sites excluding steroid dienone is 22. The molecule has 0 fully saturated rings. The fourth-order valence-corrected chi connectivity index (χ4v) is 7.09. The van der Waals surface area contributed by atoms with Gasteiger partial charge in [-0.1, -0.05) is 205 Å². The molecule has 9 heteroatoms. The van der Waals surface area contributed by atoms with Gasteiger partial charge in [0.25, 0.3) is 0 Å². The van der Waals surface area contributed by atoms with Gasteiger partial charge in [0, 0.05) is 12.8 Å². The number of carbonyl (C=O) groups excluding carboxylic acids is 3. The molecular formula is C64H103NO8. The minimum absolute atomic E-state index is 0.131. The highest BCUT2D eigenvalue weighted by atomic mass is 16.7. The van der Waals surface area contributed by atoms with Gasteiger partial charge in [-0.2, -0.15) is 0 Å². The summed E-state index contributed by atoms with van der Waals surface area (Å²) < 4.78 is 22.6. The number of likely N-dealkylation sites (N-methyl/N-ethyl adjacent to an activating group) is 1. The number of rotatable bonds is 50. The summed E-state index contributed by atoms with van der Waals surface area (Å²) in [5.74, 6) is -2.36. The van der Waals surface area contributed by atoms with E-state index in [4.69, 9.17) is 18.9 Å². The number of ether oxygens (including phenoxy) is 4. The maximum Gasteiger partial charge on any atom is 0.306 e. The van der Waals surface area contributed by atoms with Crippen molar-refractivity contribution in [3.8, 4) is 0 Å². The predicted octanol–water partition coefficient (Wildman–Crippen LogP) is 15.3. The first kappa shape index (κ1) is 68.4. The van der Waals surface area contributed by atoms with Gasteiger partial charge in [0.1, 0.15) is 13.2 Å². The Labute approximate surface area is 446 Å². The number of carboxylic acid groups (broad SMARTS) is 1. The van der Waals surface area contributed by atoms with Crippen molar-refractivity contribution >= 4 is 17.9 Å². The number of quaternary nitrogens is 1. The third kappa shape index (κ3) is 55.0. The molecule has 0 bridgehead atoms. The molecule has 0 aromatic rings. The lowest BCUT2D eigenvalue weighted by atomic mass is 10.0. The minimum atomic E-state index is -1.64. The first-order chi connectivity index (χ1) is 35.6. The number of esters is 2. The van der Waals surface area contributed by atoms with Gasteiger partial charge in [-0.25, -0.2) is 0 Å². The first-order valence-electron chi connectivity index (χ1n) is 28.3. The van der Waals surface area contributed by atoms with Gasteiger partial charge in [-0.3, -0.25) is 9.59 Å². The number of carboxylic acids is 1. The van der Waals surface area contributed by atoms with Crippen molar-refractivity contribution in [2.24, 2.45) is 0 Å². The average molecular weight is 1010 g/mol. The SMILES string of the molecule is CC/C=C\C/C=C\C/C=C\C/C=C\C/C=C\C/C=C\CCCCC(=O)OC(COC(=O)CCCCCCCCCCCCC/C=C\C/C=C\C/C=C\C/C=C\C/C=C\CC)COC(OCC[N+](C)(C)C)C(=O)[O-]. The molecule has 0 saturated carbocycles. The van der Waals surface area contributed by atoms with Crippen molar-refractivity contribution in [3.63, 3.8) is 0 Å². The fourth-order valence-electron chi connectivity index (χ4n) is 7.09. The second-order valence-corrected chi connectivity index (χ2v) is 19.5. The molecule has 0 aliphatic rings. The minimum Gasteiger partial charge on any atom is -0.545 e. The molecule has 9 nitrogen and oxygen atoms in total. The van der Waals surface area contributed by atoms with Gasteiger partial charge < -0.3 is 33.3 Å². The van der Waals surface area contributed by atoms with Crippen LogP contribution in [0.5, 0.6) is 0 Å². The van der Waals surface area contributed by atoms with Crippen LogP contribution >= 0.6 is 0 Å². The molecular weight excluding hydrogens is 911 g/mol. The number of unbranched alkanes of at least 4 members (excludes halogenated alkanes) is 13. The Morgan fingerprint density at radius 2 is 0.740 bits per heavy atom. The Morgan fingerprint density at radius 3 is 1.12 bits per heavy atom. The summed E-state index contributed by atoms with van der Waals surface area (Å²) >= 11 is 0. The van der Waals surface area contributed by atoms with E-state index in [-0.39, 0.29) is 38.6 Å². The highest BCUT2D eigenvalue weighted by Crippen LogP contribution is 2.14. The summed E-state index contributed by atoms with van der Waals surface area (Å²) in [7, 11) is 5.89. The maximum absolute atomic E-state index is 12.8. The van der Waals surface area contributed by atoms with Gasteiger partial charge in [0.2, 0.25) is 0 Å². The highest BCUT2D eigenvalue weighted by molar-refractivity contribution is 5.70. The highest BCUT2D eigenvalue weighted by Gasteiger charge is 2.21. The van der Waals surface area contributed by atoms with E-state index in [9.17, 15) is 19.5 Å². The van der Waals surface area contributed by atoms with Crippen molar-refractivity contribution in [3.05, 3.63) is 134 Å². The Hall–Kier alpha value is -4.57. The quantitative estimate of drug-likeness (QED) is 0.0195. The molecule has 0 N–H and O–H groups in total. The average Bonchev–Trinajstić information content (AvgIpc) is 3.36. The van der Waals surface area contributed by atoms with Gasteiger partial charge in [0.05, 0.1) is 40.3 Å². The van der Waals surface area contributed by atoms with Gasteiger partial charge in [-0.15, -0.1) is 0 Å². The smallest absolute Gasteiger partial charge is 0.306 e. The summed E-state index contributed by atoms with van der Waals surface area (Å²) in [6, 6.07) is 0. The van der Waals surface area contributed by atoms with Crippen LogP contribution in [0.15, 0.2) is 134 Å². The molecule has 2 atom stereocenters. The fraction of sp³-hybridized carbons (Fsp3) is 0.609. The summed E-state index contributed by atoms with van der Waals surface area (Å²) in [5.41, 5.74) is 0. The summed E-state index contributed by atoms with van der Waals surface area (Å²) in [6.45, 7) is 4.44. The number of hydrogen-bond donors (Lipinski definition) is 0. The van der Waals surface area contributed by atoms with Gasteiger partial charge in [-0.05, 0) is 109 Å². The van der Waals surface area contributed by atoms with Crippen molar-refractivity contribution in [1.82, 2.24) is 0 Å². The second-order valence-electron chi connectivity index (χ2n) is 19.5. The number of carbonyl (C=O) groups is 3. The predicted molar refractivity (Wildman–Crippen MR) is 306 cm³/mol. The van der Waals surface area contributed by atoms with E-state index in [2.05, 4.69) is 148 Å². The Bertz CT molecular complexity index is 1650. The molecule has 0 aliphatic carbocycles. The Morgan fingerprint density at radius 1 is 0.411 bits per heavy atom.